The summed E-state index contributed by atoms with van der Waals surface area (Å²) in [5.41, 5.74) is 0.0315. The van der Waals surface area contributed by atoms with Crippen molar-refractivity contribution in [1.82, 2.24) is 0 Å². The zero-order valence-corrected chi connectivity index (χ0v) is 9.94. The van der Waals surface area contributed by atoms with E-state index in [9.17, 15) is 13.6 Å². The Morgan fingerprint density at radius 3 is 2.42 bits per heavy atom. The van der Waals surface area contributed by atoms with Crippen LogP contribution in [0.1, 0.15) is 21.9 Å². The molecule has 0 bridgehead atoms. The minimum atomic E-state index is -1.11. The van der Waals surface area contributed by atoms with Crippen LogP contribution in [0.15, 0.2) is 28.7 Å². The Kier molecular flexibility index (Phi) is 3.50. The van der Waals surface area contributed by atoms with Gasteiger partial charge in [-0.2, -0.15) is 0 Å². The van der Waals surface area contributed by atoms with Gasteiger partial charge >= 0.3 is 5.97 Å². The summed E-state index contributed by atoms with van der Waals surface area (Å²) < 4.78 is 36.1. The molecule has 0 saturated carbocycles. The molecule has 2 aromatic rings. The molecule has 0 aliphatic rings. The summed E-state index contributed by atoms with van der Waals surface area (Å²) in [6, 6.07) is 4.09. The molecule has 1 aromatic carbocycles. The van der Waals surface area contributed by atoms with Gasteiger partial charge in [0.2, 0.25) is 0 Å². The quantitative estimate of drug-likeness (QED) is 0.925. The average molecular weight is 268 g/mol. The molecule has 0 radical (unpaired) electrons. The van der Waals surface area contributed by atoms with Gasteiger partial charge in [0.25, 0.3) is 0 Å². The fourth-order valence-electron chi connectivity index (χ4n) is 1.59. The zero-order chi connectivity index (χ0) is 14.0. The van der Waals surface area contributed by atoms with Gasteiger partial charge in [0.15, 0.2) is 0 Å². The van der Waals surface area contributed by atoms with Crippen LogP contribution in [-0.2, 0) is 6.61 Å². The van der Waals surface area contributed by atoms with Crippen LogP contribution in [0, 0.1) is 18.6 Å². The SMILES string of the molecule is Cc1oc(COc2cc(F)cc(F)c2)cc1C(=O)O. The number of ether oxygens (including phenoxy) is 1. The predicted molar refractivity (Wildman–Crippen MR) is 61.1 cm³/mol. The Hall–Kier alpha value is -2.37. The summed E-state index contributed by atoms with van der Waals surface area (Å²) in [7, 11) is 0. The second-order valence-corrected chi connectivity index (χ2v) is 3.88. The van der Waals surface area contributed by atoms with E-state index in [1.807, 2.05) is 0 Å². The molecule has 0 saturated heterocycles. The van der Waals surface area contributed by atoms with Crippen LogP contribution < -0.4 is 4.74 Å². The van der Waals surface area contributed by atoms with E-state index in [-0.39, 0.29) is 29.4 Å². The van der Waals surface area contributed by atoms with E-state index >= 15 is 0 Å². The lowest BCUT2D eigenvalue weighted by molar-refractivity contribution is 0.0695. The molecule has 0 unspecified atom stereocenters. The van der Waals surface area contributed by atoms with E-state index in [1.165, 1.54) is 13.0 Å². The topological polar surface area (TPSA) is 59.7 Å². The highest BCUT2D eigenvalue weighted by atomic mass is 19.1. The van der Waals surface area contributed by atoms with Gasteiger partial charge in [-0.15, -0.1) is 0 Å². The number of hydrogen-bond acceptors (Lipinski definition) is 3. The Labute approximate surface area is 107 Å². The van der Waals surface area contributed by atoms with Crippen molar-refractivity contribution < 1.29 is 27.8 Å². The highest BCUT2D eigenvalue weighted by Gasteiger charge is 2.14. The molecule has 1 aromatic heterocycles. The van der Waals surface area contributed by atoms with E-state index in [0.717, 1.165) is 18.2 Å². The fraction of sp³-hybridized carbons (Fsp3) is 0.154. The molecule has 1 N–H and O–H groups in total. The maximum absolute atomic E-state index is 12.9. The lowest BCUT2D eigenvalue weighted by Gasteiger charge is -2.04. The molecule has 0 amide bonds. The molecule has 0 fully saturated rings. The number of aryl methyl sites for hydroxylation is 1. The van der Waals surface area contributed by atoms with Gasteiger partial charge in [0, 0.05) is 18.2 Å². The van der Waals surface area contributed by atoms with Crippen molar-refractivity contribution in [3.63, 3.8) is 0 Å². The van der Waals surface area contributed by atoms with E-state index in [2.05, 4.69) is 0 Å². The number of carboxylic acid groups (broad SMARTS) is 1. The first kappa shape index (κ1) is 13.1. The molecule has 1 heterocycles. The molecule has 0 aliphatic carbocycles. The molecule has 0 aliphatic heterocycles. The van der Waals surface area contributed by atoms with Crippen LogP contribution in [-0.4, -0.2) is 11.1 Å². The number of halogens is 2. The summed E-state index contributed by atoms with van der Waals surface area (Å²) in [4.78, 5) is 10.8. The van der Waals surface area contributed by atoms with Gasteiger partial charge in [-0.05, 0) is 13.0 Å². The van der Waals surface area contributed by atoms with Crippen molar-refractivity contribution in [1.29, 1.82) is 0 Å². The fourth-order valence-corrected chi connectivity index (χ4v) is 1.59. The normalized spacial score (nSPS) is 10.5. The van der Waals surface area contributed by atoms with E-state index in [1.54, 1.807) is 0 Å². The Morgan fingerprint density at radius 2 is 1.89 bits per heavy atom. The summed E-state index contributed by atoms with van der Waals surface area (Å²) in [6.45, 7) is 1.39. The number of benzene rings is 1. The molecule has 6 heteroatoms. The Morgan fingerprint density at radius 1 is 1.26 bits per heavy atom. The van der Waals surface area contributed by atoms with Crippen LogP contribution in [0.2, 0.25) is 0 Å². The maximum Gasteiger partial charge on any atom is 0.339 e. The largest absolute Gasteiger partial charge is 0.485 e. The summed E-state index contributed by atoms with van der Waals surface area (Å²) in [5, 5.41) is 8.84. The summed E-state index contributed by atoms with van der Waals surface area (Å²) >= 11 is 0. The minimum Gasteiger partial charge on any atom is -0.485 e. The van der Waals surface area contributed by atoms with Crippen molar-refractivity contribution in [2.45, 2.75) is 13.5 Å². The molecule has 100 valence electrons. The molecular formula is C13H10F2O4. The van der Waals surface area contributed by atoms with Gasteiger partial charge in [-0.25, -0.2) is 13.6 Å². The second-order valence-electron chi connectivity index (χ2n) is 3.88. The third-order valence-electron chi connectivity index (χ3n) is 2.42. The first-order chi connectivity index (χ1) is 8.95. The molecule has 19 heavy (non-hydrogen) atoms. The number of aromatic carboxylic acids is 1. The minimum absolute atomic E-state index is 0.00317. The third-order valence-corrected chi connectivity index (χ3v) is 2.42. The lowest BCUT2D eigenvalue weighted by Crippen LogP contribution is -1.96. The highest BCUT2D eigenvalue weighted by molar-refractivity contribution is 5.88. The number of carbonyl (C=O) groups is 1. The van der Waals surface area contributed by atoms with Crippen molar-refractivity contribution in [3.8, 4) is 5.75 Å². The first-order valence-electron chi connectivity index (χ1n) is 5.37. The number of rotatable bonds is 4. The predicted octanol–water partition coefficient (Wildman–Crippen LogP) is 3.14. The highest BCUT2D eigenvalue weighted by Crippen LogP contribution is 2.19. The van der Waals surface area contributed by atoms with Crippen LogP contribution >= 0.6 is 0 Å². The van der Waals surface area contributed by atoms with Gasteiger partial charge in [0.1, 0.15) is 41.1 Å². The third kappa shape index (κ3) is 3.09. The molecule has 2 rings (SSSR count). The van der Waals surface area contributed by atoms with Crippen LogP contribution in [0.5, 0.6) is 5.75 Å². The van der Waals surface area contributed by atoms with Crippen LogP contribution in [0.4, 0.5) is 8.78 Å². The van der Waals surface area contributed by atoms with Crippen molar-refractivity contribution in [3.05, 3.63) is 53.0 Å². The summed E-state index contributed by atoms with van der Waals surface area (Å²) in [6.07, 6.45) is 0. The number of furan rings is 1. The Bertz CT molecular complexity index is 599. The molecule has 4 nitrogen and oxygen atoms in total. The number of carboxylic acids is 1. The molecule has 0 spiro atoms. The van der Waals surface area contributed by atoms with E-state index < -0.39 is 17.6 Å². The lowest BCUT2D eigenvalue weighted by atomic mass is 10.2. The van der Waals surface area contributed by atoms with Crippen molar-refractivity contribution in [2.24, 2.45) is 0 Å². The Balaban J connectivity index is 2.10. The van der Waals surface area contributed by atoms with Crippen molar-refractivity contribution in [2.75, 3.05) is 0 Å². The molecule has 0 atom stereocenters. The van der Waals surface area contributed by atoms with Gasteiger partial charge in [-0.3, -0.25) is 0 Å². The van der Waals surface area contributed by atoms with Gasteiger partial charge in [-0.1, -0.05) is 0 Å². The average Bonchev–Trinajstić information content (AvgIpc) is 2.67. The monoisotopic (exact) mass is 268 g/mol. The van der Waals surface area contributed by atoms with Crippen LogP contribution in [0.3, 0.4) is 0 Å². The van der Waals surface area contributed by atoms with Gasteiger partial charge < -0.3 is 14.3 Å². The first-order valence-corrected chi connectivity index (χ1v) is 5.37. The molecular weight excluding hydrogens is 258 g/mol. The second kappa shape index (κ2) is 5.09. The number of hydrogen-bond donors (Lipinski definition) is 1. The smallest absolute Gasteiger partial charge is 0.339 e. The maximum atomic E-state index is 12.9. The van der Waals surface area contributed by atoms with Gasteiger partial charge in [0.05, 0.1) is 0 Å². The summed E-state index contributed by atoms with van der Waals surface area (Å²) in [5.74, 6) is -2.10. The van der Waals surface area contributed by atoms with E-state index in [4.69, 9.17) is 14.3 Å². The zero-order valence-electron chi connectivity index (χ0n) is 9.94. The van der Waals surface area contributed by atoms with Crippen molar-refractivity contribution >= 4 is 5.97 Å². The van der Waals surface area contributed by atoms with E-state index in [0.29, 0.717) is 0 Å². The standard InChI is InChI=1S/C13H10F2O4/c1-7-12(13(16)17)5-11(19-7)6-18-10-3-8(14)2-9(15)4-10/h2-5H,6H2,1H3,(H,16,17). The van der Waals surface area contributed by atoms with Crippen LogP contribution in [0.25, 0.3) is 0 Å².